The summed E-state index contributed by atoms with van der Waals surface area (Å²) in [5.41, 5.74) is 0.855. The van der Waals surface area contributed by atoms with Crippen molar-refractivity contribution in [1.82, 2.24) is 4.98 Å². The van der Waals surface area contributed by atoms with Crippen LogP contribution in [0.4, 0.5) is 5.69 Å². The van der Waals surface area contributed by atoms with E-state index in [9.17, 15) is 9.90 Å². The molecule has 1 aromatic carbocycles. The van der Waals surface area contributed by atoms with Crippen molar-refractivity contribution >= 4 is 16.5 Å². The summed E-state index contributed by atoms with van der Waals surface area (Å²) in [5, 5.41) is 11.1. The van der Waals surface area contributed by atoms with Crippen molar-refractivity contribution in [3.8, 4) is 5.88 Å². The van der Waals surface area contributed by atoms with E-state index in [1.165, 1.54) is 18.9 Å². The van der Waals surface area contributed by atoms with Crippen LogP contribution in [0.3, 0.4) is 0 Å². The lowest BCUT2D eigenvalue weighted by Crippen LogP contribution is -2.17. The molecule has 1 aliphatic rings. The number of fused-ring (bicyclic) bond motifs is 1. The van der Waals surface area contributed by atoms with Crippen LogP contribution in [0.1, 0.15) is 12.8 Å². The third kappa shape index (κ3) is 1.75. The zero-order valence-corrected chi connectivity index (χ0v) is 9.44. The molecule has 0 amide bonds. The fourth-order valence-corrected chi connectivity index (χ4v) is 2.42. The molecule has 0 radical (unpaired) electrons. The van der Waals surface area contributed by atoms with E-state index in [1.807, 2.05) is 18.2 Å². The Kier molecular flexibility index (Phi) is 2.28. The van der Waals surface area contributed by atoms with Crippen molar-refractivity contribution in [2.24, 2.45) is 0 Å². The summed E-state index contributed by atoms with van der Waals surface area (Å²) in [6, 6.07) is 7.34. The Morgan fingerprint density at radius 3 is 2.71 bits per heavy atom. The van der Waals surface area contributed by atoms with Crippen molar-refractivity contribution in [1.29, 1.82) is 0 Å². The highest BCUT2D eigenvalue weighted by Crippen LogP contribution is 2.27. The third-order valence-corrected chi connectivity index (χ3v) is 3.29. The predicted molar refractivity (Wildman–Crippen MR) is 67.7 cm³/mol. The zero-order valence-electron chi connectivity index (χ0n) is 9.44. The van der Waals surface area contributed by atoms with Crippen LogP contribution in [0.2, 0.25) is 0 Å². The number of aromatic amines is 1. The molecule has 0 saturated carbocycles. The van der Waals surface area contributed by atoms with Crippen LogP contribution in [0.25, 0.3) is 10.8 Å². The second kappa shape index (κ2) is 3.80. The number of anilines is 1. The van der Waals surface area contributed by atoms with E-state index in [0.717, 1.165) is 24.2 Å². The fourth-order valence-electron chi connectivity index (χ4n) is 2.42. The molecule has 17 heavy (non-hydrogen) atoms. The van der Waals surface area contributed by atoms with E-state index in [4.69, 9.17) is 0 Å². The number of hydrogen-bond donors (Lipinski definition) is 2. The highest BCUT2D eigenvalue weighted by molar-refractivity contribution is 5.89. The second-order valence-corrected chi connectivity index (χ2v) is 4.45. The number of aromatic hydroxyl groups is 1. The molecule has 3 rings (SSSR count). The lowest BCUT2D eigenvalue weighted by atomic mass is 10.1. The monoisotopic (exact) mass is 230 g/mol. The molecule has 1 aromatic heterocycles. The van der Waals surface area contributed by atoms with Gasteiger partial charge in [-0.1, -0.05) is 0 Å². The summed E-state index contributed by atoms with van der Waals surface area (Å²) < 4.78 is 0. The lowest BCUT2D eigenvalue weighted by molar-refractivity contribution is 0.459. The van der Waals surface area contributed by atoms with Crippen LogP contribution >= 0.6 is 0 Å². The van der Waals surface area contributed by atoms with Gasteiger partial charge in [0.1, 0.15) is 0 Å². The van der Waals surface area contributed by atoms with Gasteiger partial charge in [-0.15, -0.1) is 0 Å². The predicted octanol–water partition coefficient (Wildman–Crippen LogP) is 1.83. The van der Waals surface area contributed by atoms with E-state index in [2.05, 4.69) is 9.88 Å². The van der Waals surface area contributed by atoms with Gasteiger partial charge in [-0.3, -0.25) is 9.78 Å². The van der Waals surface area contributed by atoms with Crippen LogP contribution in [0.15, 0.2) is 29.1 Å². The Morgan fingerprint density at radius 1 is 1.18 bits per heavy atom. The quantitative estimate of drug-likeness (QED) is 0.785. The first-order valence-electron chi connectivity index (χ1n) is 5.85. The molecule has 4 heteroatoms. The van der Waals surface area contributed by atoms with Gasteiger partial charge in [0.25, 0.3) is 5.56 Å². The van der Waals surface area contributed by atoms with Crippen molar-refractivity contribution < 1.29 is 5.11 Å². The van der Waals surface area contributed by atoms with Crippen LogP contribution in [0, 0.1) is 0 Å². The Labute approximate surface area is 98.5 Å². The molecule has 2 heterocycles. The smallest absolute Gasteiger partial charge is 0.251 e. The minimum absolute atomic E-state index is 0.0551. The Morgan fingerprint density at radius 2 is 1.94 bits per heavy atom. The highest BCUT2D eigenvalue weighted by Gasteiger charge is 2.13. The fraction of sp³-hybridized carbons (Fsp3) is 0.308. The lowest BCUT2D eigenvalue weighted by Gasteiger charge is -2.18. The molecule has 1 aliphatic heterocycles. The molecule has 0 bridgehead atoms. The number of aromatic nitrogens is 1. The molecule has 88 valence electrons. The number of pyridine rings is 1. The van der Waals surface area contributed by atoms with Gasteiger partial charge in [0.2, 0.25) is 0 Å². The maximum absolute atomic E-state index is 11.3. The molecular weight excluding hydrogens is 216 g/mol. The van der Waals surface area contributed by atoms with Gasteiger partial charge in [0.15, 0.2) is 5.88 Å². The summed E-state index contributed by atoms with van der Waals surface area (Å²) in [5.74, 6) is -0.0551. The largest absolute Gasteiger partial charge is 0.494 e. The van der Waals surface area contributed by atoms with E-state index in [-0.39, 0.29) is 11.4 Å². The number of rotatable bonds is 1. The summed E-state index contributed by atoms with van der Waals surface area (Å²) >= 11 is 0. The van der Waals surface area contributed by atoms with Crippen molar-refractivity contribution in [3.05, 3.63) is 34.6 Å². The molecule has 1 fully saturated rings. The topological polar surface area (TPSA) is 56.3 Å². The van der Waals surface area contributed by atoms with Crippen molar-refractivity contribution in [2.45, 2.75) is 12.8 Å². The summed E-state index contributed by atoms with van der Waals surface area (Å²) in [6.07, 6.45) is 2.44. The van der Waals surface area contributed by atoms with E-state index < -0.39 is 0 Å². The van der Waals surface area contributed by atoms with E-state index >= 15 is 0 Å². The number of hydrogen-bond acceptors (Lipinski definition) is 3. The van der Waals surface area contributed by atoms with Crippen molar-refractivity contribution in [2.75, 3.05) is 18.0 Å². The molecular formula is C13H14N2O2. The maximum Gasteiger partial charge on any atom is 0.251 e. The molecule has 2 aromatic rings. The average molecular weight is 230 g/mol. The number of nitrogens with one attached hydrogen (secondary N) is 1. The highest BCUT2D eigenvalue weighted by atomic mass is 16.3. The first-order valence-corrected chi connectivity index (χ1v) is 5.85. The standard InChI is InChI=1S/C13H14N2O2/c16-12-8-9-7-10(15-5-1-2-6-15)3-4-11(9)13(17)14-12/h3-4,7-8H,1-2,5-6H2,(H2,14,16,17). The van der Waals surface area contributed by atoms with Gasteiger partial charge in [0, 0.05) is 30.2 Å². The van der Waals surface area contributed by atoms with Crippen molar-refractivity contribution in [3.63, 3.8) is 0 Å². The molecule has 4 nitrogen and oxygen atoms in total. The van der Waals surface area contributed by atoms with Gasteiger partial charge >= 0.3 is 0 Å². The molecule has 0 aliphatic carbocycles. The summed E-state index contributed by atoms with van der Waals surface area (Å²) in [4.78, 5) is 16.0. The average Bonchev–Trinajstić information content (AvgIpc) is 2.81. The van der Waals surface area contributed by atoms with Crippen LogP contribution < -0.4 is 10.5 Å². The van der Waals surface area contributed by atoms with E-state index in [1.54, 1.807) is 0 Å². The summed E-state index contributed by atoms with van der Waals surface area (Å²) in [6.45, 7) is 2.14. The van der Waals surface area contributed by atoms with Crippen LogP contribution in [-0.4, -0.2) is 23.2 Å². The minimum atomic E-state index is -0.270. The van der Waals surface area contributed by atoms with Gasteiger partial charge in [-0.05, 0) is 36.4 Å². The Bertz CT molecular complexity index is 612. The Hall–Kier alpha value is -1.97. The first kappa shape index (κ1) is 10.2. The first-order chi connectivity index (χ1) is 8.24. The normalized spacial score (nSPS) is 15.6. The zero-order chi connectivity index (χ0) is 11.8. The van der Waals surface area contributed by atoms with Gasteiger partial charge < -0.3 is 10.0 Å². The molecule has 1 saturated heterocycles. The van der Waals surface area contributed by atoms with Gasteiger partial charge in [-0.2, -0.15) is 0 Å². The third-order valence-electron chi connectivity index (χ3n) is 3.29. The molecule has 0 unspecified atom stereocenters. The molecule has 0 atom stereocenters. The van der Waals surface area contributed by atoms with Crippen LogP contribution in [0.5, 0.6) is 5.88 Å². The number of H-pyrrole nitrogens is 1. The van der Waals surface area contributed by atoms with Crippen LogP contribution in [-0.2, 0) is 0 Å². The Balaban J connectivity index is 2.14. The molecule has 2 N–H and O–H groups in total. The van der Waals surface area contributed by atoms with Gasteiger partial charge in [0.05, 0.1) is 0 Å². The summed E-state index contributed by atoms with van der Waals surface area (Å²) in [7, 11) is 0. The second-order valence-electron chi connectivity index (χ2n) is 4.45. The SMILES string of the molecule is O=c1cc2cc(N3CCCC3)ccc2c(O)[nH]1. The van der Waals surface area contributed by atoms with Gasteiger partial charge in [-0.25, -0.2) is 0 Å². The molecule has 0 spiro atoms. The van der Waals surface area contributed by atoms with E-state index in [0.29, 0.717) is 5.39 Å². The minimum Gasteiger partial charge on any atom is -0.494 e. The number of nitrogens with zero attached hydrogens (tertiary/aromatic N) is 1. The maximum atomic E-state index is 11.3. The number of benzene rings is 1.